The second kappa shape index (κ2) is 2.68. The summed E-state index contributed by atoms with van der Waals surface area (Å²) < 4.78 is -0.0862. The minimum atomic E-state index is -0.268. The van der Waals surface area contributed by atoms with E-state index >= 15 is 0 Å². The van der Waals surface area contributed by atoms with Crippen molar-refractivity contribution in [3.05, 3.63) is 54.1 Å². The Hall–Kier alpha value is -1.19. The van der Waals surface area contributed by atoms with Crippen LogP contribution in [0.15, 0.2) is 48.6 Å². The Bertz CT molecular complexity index is 480. The molecule has 0 spiro atoms. The third kappa shape index (κ3) is 1.10. The molecule has 2 nitrogen and oxygen atoms in total. The van der Waals surface area contributed by atoms with Crippen LogP contribution in [0.3, 0.4) is 0 Å². The molecule has 76 valence electrons. The van der Waals surface area contributed by atoms with Crippen LogP contribution in [0.5, 0.6) is 0 Å². The molecule has 0 bridgehead atoms. The molecule has 1 fully saturated rings. The lowest BCUT2D eigenvalue weighted by molar-refractivity contribution is 0.712. The highest BCUT2D eigenvalue weighted by atomic mass is 32.2. The fourth-order valence-electron chi connectivity index (χ4n) is 2.10. The van der Waals surface area contributed by atoms with Crippen molar-refractivity contribution in [2.24, 2.45) is 5.73 Å². The van der Waals surface area contributed by atoms with E-state index in [4.69, 9.17) is 11.5 Å². The largest absolute Gasteiger partial charge is 0.399 e. The van der Waals surface area contributed by atoms with Crippen molar-refractivity contribution in [2.45, 2.75) is 9.62 Å². The van der Waals surface area contributed by atoms with E-state index in [1.54, 1.807) is 11.8 Å². The lowest BCUT2D eigenvalue weighted by atomic mass is 9.88. The molecule has 1 heterocycles. The van der Waals surface area contributed by atoms with Crippen molar-refractivity contribution < 1.29 is 0 Å². The molecule has 2 unspecified atom stereocenters. The first-order valence-electron chi connectivity index (χ1n) is 4.88. The van der Waals surface area contributed by atoms with Crippen LogP contribution in [-0.4, -0.2) is 4.87 Å². The van der Waals surface area contributed by atoms with Crippen molar-refractivity contribution >= 4 is 17.4 Å². The van der Waals surface area contributed by atoms with Gasteiger partial charge in [-0.05, 0) is 17.7 Å². The molecule has 1 saturated heterocycles. The lowest BCUT2D eigenvalue weighted by Crippen LogP contribution is -2.31. The van der Waals surface area contributed by atoms with Crippen molar-refractivity contribution in [3.63, 3.8) is 0 Å². The molecular weight excluding hydrogens is 204 g/mol. The van der Waals surface area contributed by atoms with Crippen LogP contribution in [0.2, 0.25) is 0 Å². The Kier molecular flexibility index (Phi) is 1.62. The average Bonchev–Trinajstić information content (AvgIpc) is 2.86. The molecule has 0 aromatic heterocycles. The molecule has 1 aromatic rings. The molecular formula is C12H12N2S. The fraction of sp³-hybridized carbons (Fsp3) is 0.167. The van der Waals surface area contributed by atoms with E-state index in [1.807, 2.05) is 30.4 Å². The van der Waals surface area contributed by atoms with Gasteiger partial charge in [0.2, 0.25) is 0 Å². The van der Waals surface area contributed by atoms with Crippen LogP contribution in [0.4, 0.5) is 5.69 Å². The molecule has 0 saturated carbocycles. The summed E-state index contributed by atoms with van der Waals surface area (Å²) in [6.45, 7) is 0. The predicted octanol–water partition coefficient (Wildman–Crippen LogP) is 1.99. The first-order chi connectivity index (χ1) is 7.16. The lowest BCUT2D eigenvalue weighted by Gasteiger charge is -2.17. The summed E-state index contributed by atoms with van der Waals surface area (Å²) in [4.78, 5) is -0.268. The third-order valence-corrected chi connectivity index (χ3v) is 4.59. The Labute approximate surface area is 93.0 Å². The highest BCUT2D eigenvalue weighted by Crippen LogP contribution is 2.69. The average molecular weight is 216 g/mol. The van der Waals surface area contributed by atoms with Crippen molar-refractivity contribution in [1.29, 1.82) is 0 Å². The number of fused-ring (bicyclic) bond motifs is 1. The van der Waals surface area contributed by atoms with Crippen LogP contribution >= 0.6 is 11.8 Å². The standard InChI is InChI=1S/C12H12N2S/c13-10-5-3-4-9(8-10)11-6-1-2-7-12(11,14)15-11/h1-8H,13-14H2. The summed E-state index contributed by atoms with van der Waals surface area (Å²) >= 11 is 1.76. The van der Waals surface area contributed by atoms with Gasteiger partial charge in [-0.15, -0.1) is 11.8 Å². The van der Waals surface area contributed by atoms with Gasteiger partial charge in [0, 0.05) is 5.69 Å². The molecule has 2 atom stereocenters. The number of rotatable bonds is 1. The fourth-order valence-corrected chi connectivity index (χ4v) is 3.38. The minimum Gasteiger partial charge on any atom is -0.399 e. The second-order valence-corrected chi connectivity index (χ2v) is 5.50. The van der Waals surface area contributed by atoms with E-state index in [2.05, 4.69) is 18.2 Å². The molecule has 3 rings (SSSR count). The van der Waals surface area contributed by atoms with E-state index in [0.29, 0.717) is 0 Å². The zero-order valence-electron chi connectivity index (χ0n) is 8.18. The van der Waals surface area contributed by atoms with Gasteiger partial charge >= 0.3 is 0 Å². The van der Waals surface area contributed by atoms with Gasteiger partial charge < -0.3 is 11.5 Å². The summed E-state index contributed by atoms with van der Waals surface area (Å²) in [5.41, 5.74) is 14.0. The third-order valence-electron chi connectivity index (χ3n) is 2.97. The normalized spacial score (nSPS) is 36.3. The maximum absolute atomic E-state index is 6.25. The first-order valence-corrected chi connectivity index (χ1v) is 5.70. The Morgan fingerprint density at radius 2 is 1.93 bits per heavy atom. The first kappa shape index (κ1) is 9.07. The van der Waals surface area contributed by atoms with Gasteiger partial charge in [0.1, 0.15) is 4.87 Å². The summed E-state index contributed by atoms with van der Waals surface area (Å²) in [6.07, 6.45) is 8.27. The van der Waals surface area contributed by atoms with Crippen LogP contribution in [0, 0.1) is 0 Å². The predicted molar refractivity (Wildman–Crippen MR) is 65.3 cm³/mol. The van der Waals surface area contributed by atoms with Gasteiger partial charge in [-0.2, -0.15) is 0 Å². The van der Waals surface area contributed by atoms with Crippen molar-refractivity contribution in [2.75, 3.05) is 5.73 Å². The number of allylic oxidation sites excluding steroid dienone is 2. The van der Waals surface area contributed by atoms with Gasteiger partial charge in [-0.1, -0.05) is 36.4 Å². The van der Waals surface area contributed by atoms with Crippen molar-refractivity contribution in [1.82, 2.24) is 0 Å². The highest BCUT2D eigenvalue weighted by Gasteiger charge is 2.65. The summed E-state index contributed by atoms with van der Waals surface area (Å²) in [5, 5.41) is 0. The monoisotopic (exact) mass is 216 g/mol. The van der Waals surface area contributed by atoms with Gasteiger partial charge in [-0.25, -0.2) is 0 Å². The number of anilines is 1. The summed E-state index contributed by atoms with van der Waals surface area (Å²) in [7, 11) is 0. The molecule has 1 aromatic carbocycles. The molecule has 4 N–H and O–H groups in total. The minimum absolute atomic E-state index is 0.0862. The van der Waals surface area contributed by atoms with Gasteiger partial charge in [0.05, 0.1) is 4.75 Å². The second-order valence-electron chi connectivity index (χ2n) is 3.97. The van der Waals surface area contributed by atoms with Crippen LogP contribution in [0.25, 0.3) is 0 Å². The van der Waals surface area contributed by atoms with E-state index in [0.717, 1.165) is 5.69 Å². The van der Waals surface area contributed by atoms with Crippen molar-refractivity contribution in [3.8, 4) is 0 Å². The van der Waals surface area contributed by atoms with Gasteiger partial charge in [0.15, 0.2) is 0 Å². The van der Waals surface area contributed by atoms with Crippen LogP contribution < -0.4 is 11.5 Å². The van der Waals surface area contributed by atoms with E-state index in [-0.39, 0.29) is 9.62 Å². The Morgan fingerprint density at radius 3 is 2.67 bits per heavy atom. The zero-order valence-corrected chi connectivity index (χ0v) is 9.00. The summed E-state index contributed by atoms with van der Waals surface area (Å²) in [6, 6.07) is 7.96. The van der Waals surface area contributed by atoms with Gasteiger partial charge in [0.25, 0.3) is 0 Å². The maximum atomic E-state index is 6.25. The van der Waals surface area contributed by atoms with Crippen LogP contribution in [0.1, 0.15) is 5.56 Å². The number of hydrogen-bond acceptors (Lipinski definition) is 3. The number of nitrogen functional groups attached to an aromatic ring is 1. The quantitative estimate of drug-likeness (QED) is 0.557. The van der Waals surface area contributed by atoms with E-state index < -0.39 is 0 Å². The van der Waals surface area contributed by atoms with Crippen LogP contribution in [-0.2, 0) is 4.75 Å². The maximum Gasteiger partial charge on any atom is 0.105 e. The highest BCUT2D eigenvalue weighted by molar-refractivity contribution is 8.09. The Morgan fingerprint density at radius 1 is 1.13 bits per heavy atom. The number of thioether (sulfide) groups is 1. The van der Waals surface area contributed by atoms with E-state index in [1.165, 1.54) is 5.56 Å². The molecule has 3 heteroatoms. The zero-order chi connectivity index (χ0) is 10.5. The Balaban J connectivity index is 2.10. The SMILES string of the molecule is Nc1cccc(C23C=CC=CC2(N)S3)c1. The molecule has 2 aliphatic rings. The molecule has 15 heavy (non-hydrogen) atoms. The van der Waals surface area contributed by atoms with E-state index in [9.17, 15) is 0 Å². The number of hydrogen-bond donors (Lipinski definition) is 2. The topological polar surface area (TPSA) is 52.0 Å². The summed E-state index contributed by atoms with van der Waals surface area (Å²) in [5.74, 6) is 0. The molecule has 1 aliphatic heterocycles. The molecule has 0 amide bonds. The molecule has 1 aliphatic carbocycles. The number of benzene rings is 1. The number of nitrogens with two attached hydrogens (primary N) is 2. The smallest absolute Gasteiger partial charge is 0.105 e. The van der Waals surface area contributed by atoms with Gasteiger partial charge in [-0.3, -0.25) is 0 Å². The molecule has 0 radical (unpaired) electrons.